The highest BCUT2D eigenvalue weighted by Gasteiger charge is 2.21. The molecule has 9 heteroatoms. The maximum Gasteiger partial charge on any atom is 0.409 e. The lowest BCUT2D eigenvalue weighted by atomic mass is 9.98. The third-order valence-corrected chi connectivity index (χ3v) is 4.61. The molecule has 3 rings (SSSR count). The van der Waals surface area contributed by atoms with Gasteiger partial charge in [-0.1, -0.05) is 0 Å². The average molecular weight is 426 g/mol. The Labute approximate surface area is 178 Å². The molecule has 1 heterocycles. The first-order chi connectivity index (χ1) is 14.9. The molecule has 0 atom stereocenters. The molecule has 0 saturated carbocycles. The van der Waals surface area contributed by atoms with Gasteiger partial charge in [0.1, 0.15) is 5.75 Å². The van der Waals surface area contributed by atoms with E-state index in [1.807, 2.05) is 0 Å². The predicted molar refractivity (Wildman–Crippen MR) is 114 cm³/mol. The molecule has 0 saturated heterocycles. The van der Waals surface area contributed by atoms with Crippen molar-refractivity contribution in [3.05, 3.63) is 47.8 Å². The Hall–Kier alpha value is -4.01. The molecule has 3 aromatic rings. The van der Waals surface area contributed by atoms with E-state index in [0.717, 1.165) is 0 Å². The van der Waals surface area contributed by atoms with Gasteiger partial charge in [-0.25, -0.2) is 4.79 Å². The highest BCUT2D eigenvalue weighted by Crippen LogP contribution is 2.40. The number of fused-ring (bicyclic) bond motifs is 1. The summed E-state index contributed by atoms with van der Waals surface area (Å²) in [6.07, 6.45) is 1.66. The van der Waals surface area contributed by atoms with Crippen LogP contribution < -0.4 is 24.3 Å². The van der Waals surface area contributed by atoms with Crippen molar-refractivity contribution >= 4 is 28.3 Å². The molecule has 31 heavy (non-hydrogen) atoms. The highest BCUT2D eigenvalue weighted by atomic mass is 16.5. The number of rotatable bonds is 8. The Bertz CT molecular complexity index is 1120. The number of anilines is 1. The number of carbonyl (C=O) groups excluding carboxylic acids is 1. The number of methoxy groups -OCH3 is 3. The molecule has 2 aromatic carbocycles. The quantitative estimate of drug-likeness (QED) is 0.520. The van der Waals surface area contributed by atoms with E-state index in [2.05, 4.69) is 10.3 Å². The molecular weight excluding hydrogens is 404 g/mol. The monoisotopic (exact) mass is 426 g/mol. The minimum Gasteiger partial charge on any atom is -0.493 e. The van der Waals surface area contributed by atoms with Gasteiger partial charge < -0.3 is 24.1 Å². The Kier molecular flexibility index (Phi) is 6.44. The summed E-state index contributed by atoms with van der Waals surface area (Å²) in [5.74, 6) is 1.04. The third kappa shape index (κ3) is 4.16. The maximum absolute atomic E-state index is 13.4. The molecule has 0 aliphatic carbocycles. The van der Waals surface area contributed by atoms with Crippen LogP contribution in [0.3, 0.4) is 0 Å². The van der Waals surface area contributed by atoms with Gasteiger partial charge in [-0.2, -0.15) is 0 Å². The molecule has 0 unspecified atom stereocenters. The number of amides is 1. The fraction of sp³-hybridized carbons (Fsp3) is 0.227. The van der Waals surface area contributed by atoms with Crippen LogP contribution in [-0.4, -0.2) is 49.9 Å². The number of hydrogen-bond acceptors (Lipinski definition) is 7. The van der Waals surface area contributed by atoms with Crippen LogP contribution in [0.15, 0.2) is 36.7 Å². The largest absolute Gasteiger partial charge is 0.493 e. The number of hydrogen-bond donors (Lipinski definition) is 2. The molecule has 0 radical (unpaired) electrons. The number of pyridine rings is 1. The van der Waals surface area contributed by atoms with Gasteiger partial charge in [-0.3, -0.25) is 15.1 Å². The molecule has 1 amide bonds. The van der Waals surface area contributed by atoms with Crippen LogP contribution in [0.4, 0.5) is 10.5 Å². The van der Waals surface area contributed by atoms with Crippen LogP contribution in [0, 0.1) is 0 Å². The van der Waals surface area contributed by atoms with Crippen molar-refractivity contribution in [2.24, 2.45) is 0 Å². The Morgan fingerprint density at radius 2 is 1.65 bits per heavy atom. The number of nitrogens with one attached hydrogen (secondary N) is 1. The second-order valence-electron chi connectivity index (χ2n) is 6.33. The standard InChI is InChI=1S/C22H22N2O7/c1-5-31-16-7-6-13-14(19(16)24-22(26)27)10-23-11-15(13)20(25)12-8-17(28-2)21(30-4)18(9-12)29-3/h6-11,24H,5H2,1-4H3,(H,26,27). The summed E-state index contributed by atoms with van der Waals surface area (Å²) in [4.78, 5) is 28.8. The summed E-state index contributed by atoms with van der Waals surface area (Å²) < 4.78 is 21.5. The summed E-state index contributed by atoms with van der Waals surface area (Å²) in [6, 6.07) is 6.41. The molecule has 0 bridgehead atoms. The van der Waals surface area contributed by atoms with Gasteiger partial charge in [0.25, 0.3) is 0 Å². The number of carbonyl (C=O) groups is 2. The first kappa shape index (κ1) is 21.7. The second kappa shape index (κ2) is 9.21. The van der Waals surface area contributed by atoms with E-state index in [-0.39, 0.29) is 17.0 Å². The van der Waals surface area contributed by atoms with Gasteiger partial charge in [0, 0.05) is 28.9 Å². The molecule has 0 fully saturated rings. The molecule has 162 valence electrons. The average Bonchev–Trinajstić information content (AvgIpc) is 2.78. The van der Waals surface area contributed by atoms with Crippen molar-refractivity contribution in [1.29, 1.82) is 0 Å². The Balaban J connectivity index is 2.19. The van der Waals surface area contributed by atoms with Crippen LogP contribution >= 0.6 is 0 Å². The first-order valence-electron chi connectivity index (χ1n) is 9.33. The van der Waals surface area contributed by atoms with Crippen molar-refractivity contribution in [2.75, 3.05) is 33.3 Å². The smallest absolute Gasteiger partial charge is 0.409 e. The number of nitrogens with zero attached hydrogens (tertiary/aromatic N) is 1. The molecule has 2 N–H and O–H groups in total. The lowest BCUT2D eigenvalue weighted by molar-refractivity contribution is 0.103. The Morgan fingerprint density at radius 1 is 0.968 bits per heavy atom. The molecular formula is C22H22N2O7. The topological polar surface area (TPSA) is 116 Å². The van der Waals surface area contributed by atoms with E-state index in [1.54, 1.807) is 31.2 Å². The third-order valence-electron chi connectivity index (χ3n) is 4.61. The van der Waals surface area contributed by atoms with Crippen molar-refractivity contribution in [1.82, 2.24) is 4.98 Å². The number of carboxylic acid groups (broad SMARTS) is 1. The second-order valence-corrected chi connectivity index (χ2v) is 6.33. The lowest BCUT2D eigenvalue weighted by Crippen LogP contribution is -2.11. The van der Waals surface area contributed by atoms with E-state index in [0.29, 0.717) is 45.9 Å². The van der Waals surface area contributed by atoms with E-state index in [1.165, 1.54) is 33.7 Å². The minimum atomic E-state index is -1.25. The number of benzene rings is 2. The van der Waals surface area contributed by atoms with Gasteiger partial charge in [0.15, 0.2) is 17.3 Å². The molecule has 1 aromatic heterocycles. The maximum atomic E-state index is 13.4. The van der Waals surface area contributed by atoms with Gasteiger partial charge in [-0.15, -0.1) is 0 Å². The lowest BCUT2D eigenvalue weighted by Gasteiger charge is -2.16. The van der Waals surface area contributed by atoms with Gasteiger partial charge in [0.05, 0.1) is 33.6 Å². The molecule has 0 spiro atoms. The van der Waals surface area contributed by atoms with E-state index >= 15 is 0 Å². The molecule has 0 aliphatic heterocycles. The van der Waals surface area contributed by atoms with E-state index < -0.39 is 6.09 Å². The SMILES string of the molecule is CCOc1ccc2c(C(=O)c3cc(OC)c(OC)c(OC)c3)cncc2c1NC(=O)O. The van der Waals surface area contributed by atoms with Crippen LogP contribution in [0.5, 0.6) is 23.0 Å². The minimum absolute atomic E-state index is 0.221. The van der Waals surface area contributed by atoms with Crippen LogP contribution in [-0.2, 0) is 0 Å². The zero-order valence-corrected chi connectivity index (χ0v) is 17.5. The number of ether oxygens (including phenoxy) is 4. The van der Waals surface area contributed by atoms with Crippen molar-refractivity contribution in [3.8, 4) is 23.0 Å². The van der Waals surface area contributed by atoms with Crippen molar-refractivity contribution < 1.29 is 33.6 Å². The highest BCUT2D eigenvalue weighted by molar-refractivity contribution is 6.18. The van der Waals surface area contributed by atoms with E-state index in [9.17, 15) is 14.7 Å². The zero-order chi connectivity index (χ0) is 22.5. The predicted octanol–water partition coefficient (Wildman–Crippen LogP) is 3.98. The molecule has 9 nitrogen and oxygen atoms in total. The van der Waals surface area contributed by atoms with Gasteiger partial charge in [0.2, 0.25) is 5.75 Å². The first-order valence-corrected chi connectivity index (χ1v) is 9.33. The summed E-state index contributed by atoms with van der Waals surface area (Å²) in [5.41, 5.74) is 0.799. The fourth-order valence-corrected chi connectivity index (χ4v) is 3.28. The van der Waals surface area contributed by atoms with Crippen LogP contribution in [0.1, 0.15) is 22.8 Å². The van der Waals surface area contributed by atoms with Crippen molar-refractivity contribution in [3.63, 3.8) is 0 Å². The summed E-state index contributed by atoms with van der Waals surface area (Å²) >= 11 is 0. The summed E-state index contributed by atoms with van der Waals surface area (Å²) in [7, 11) is 4.40. The van der Waals surface area contributed by atoms with Crippen LogP contribution in [0.2, 0.25) is 0 Å². The van der Waals surface area contributed by atoms with Crippen LogP contribution in [0.25, 0.3) is 10.8 Å². The number of ketones is 1. The number of aromatic nitrogens is 1. The van der Waals surface area contributed by atoms with E-state index in [4.69, 9.17) is 18.9 Å². The Morgan fingerprint density at radius 3 is 2.19 bits per heavy atom. The van der Waals surface area contributed by atoms with Gasteiger partial charge >= 0.3 is 6.09 Å². The normalized spacial score (nSPS) is 10.5. The molecule has 0 aliphatic rings. The summed E-state index contributed by atoms with van der Waals surface area (Å²) in [6.45, 7) is 2.13. The van der Waals surface area contributed by atoms with Gasteiger partial charge in [-0.05, 0) is 36.6 Å². The summed E-state index contributed by atoms with van der Waals surface area (Å²) in [5, 5.41) is 12.5. The zero-order valence-electron chi connectivity index (χ0n) is 17.5. The van der Waals surface area contributed by atoms with Crippen molar-refractivity contribution in [2.45, 2.75) is 6.92 Å². The fourth-order valence-electron chi connectivity index (χ4n) is 3.28.